The van der Waals surface area contributed by atoms with Gasteiger partial charge in [-0.25, -0.2) is 9.37 Å². The minimum absolute atomic E-state index is 0.282. The zero-order chi connectivity index (χ0) is 20.2. The molecule has 1 N–H and O–H groups in total. The number of amides is 1. The molecule has 0 bridgehead atoms. The summed E-state index contributed by atoms with van der Waals surface area (Å²) in [5.41, 5.74) is 3.21. The van der Waals surface area contributed by atoms with Crippen LogP contribution in [-0.2, 0) is 0 Å². The van der Waals surface area contributed by atoms with Crippen LogP contribution in [0, 0.1) is 12.7 Å². The molecule has 1 fully saturated rings. The highest BCUT2D eigenvalue weighted by Gasteiger charge is 2.18. The van der Waals surface area contributed by atoms with Gasteiger partial charge in [-0.2, -0.15) is 0 Å². The Morgan fingerprint density at radius 1 is 1.00 bits per heavy atom. The summed E-state index contributed by atoms with van der Waals surface area (Å²) in [4.78, 5) is 23.9. The highest BCUT2D eigenvalue weighted by Crippen LogP contribution is 2.29. The molecule has 148 valence electrons. The molecule has 0 unspecified atom stereocenters. The first-order chi connectivity index (χ1) is 14.1. The maximum atomic E-state index is 13.7. The number of carbonyl (C=O) groups excluding carboxylic acids is 1. The van der Waals surface area contributed by atoms with Gasteiger partial charge in [-0.05, 0) is 56.0 Å². The van der Waals surface area contributed by atoms with E-state index in [0.29, 0.717) is 16.8 Å². The fraction of sp³-hybridized carbons (Fsp3) is 0.261. The number of piperidine rings is 1. The van der Waals surface area contributed by atoms with E-state index in [1.54, 1.807) is 43.6 Å². The van der Waals surface area contributed by atoms with Crippen molar-refractivity contribution in [2.24, 2.45) is 0 Å². The molecule has 0 atom stereocenters. The monoisotopic (exact) mass is 390 g/mol. The first kappa shape index (κ1) is 19.1. The van der Waals surface area contributed by atoms with Crippen molar-refractivity contribution in [3.8, 4) is 11.3 Å². The lowest BCUT2D eigenvalue weighted by Crippen LogP contribution is -2.30. The molecule has 0 spiro atoms. The van der Waals surface area contributed by atoms with E-state index < -0.39 is 0 Å². The smallest absolute Gasteiger partial charge is 0.255 e. The molecule has 1 aromatic heterocycles. The summed E-state index contributed by atoms with van der Waals surface area (Å²) in [7, 11) is 0. The fourth-order valence-corrected chi connectivity index (χ4v) is 3.52. The summed E-state index contributed by atoms with van der Waals surface area (Å²) in [5.74, 6) is 0.265. The Morgan fingerprint density at radius 2 is 1.72 bits per heavy atom. The lowest BCUT2D eigenvalue weighted by molar-refractivity contribution is 0.102. The summed E-state index contributed by atoms with van der Waals surface area (Å²) in [5, 5.41) is 2.73. The van der Waals surface area contributed by atoms with E-state index in [1.807, 2.05) is 12.1 Å². The molecule has 0 aliphatic carbocycles. The standard InChI is InChI=1S/C23H23FN4O/c1-16-5-10-19(15-20(16)24)27-23(29)18-8-6-17(7-9-18)21-22(26-12-11-25-21)28-13-3-2-4-14-28/h5-12,15H,2-4,13-14H2,1H3,(H,27,29). The topological polar surface area (TPSA) is 58.1 Å². The van der Waals surface area contributed by atoms with Crippen molar-refractivity contribution in [3.63, 3.8) is 0 Å². The van der Waals surface area contributed by atoms with Crippen LogP contribution in [0.25, 0.3) is 11.3 Å². The minimum atomic E-state index is -0.342. The van der Waals surface area contributed by atoms with Crippen LogP contribution in [0.15, 0.2) is 54.9 Å². The number of aromatic nitrogens is 2. The van der Waals surface area contributed by atoms with Gasteiger partial charge in [0, 0.05) is 42.3 Å². The summed E-state index contributed by atoms with van der Waals surface area (Å²) >= 11 is 0. The van der Waals surface area contributed by atoms with E-state index in [4.69, 9.17) is 0 Å². The highest BCUT2D eigenvalue weighted by atomic mass is 19.1. The van der Waals surface area contributed by atoms with Crippen LogP contribution >= 0.6 is 0 Å². The molecule has 1 saturated heterocycles. The largest absolute Gasteiger partial charge is 0.355 e. The van der Waals surface area contributed by atoms with Gasteiger partial charge in [-0.15, -0.1) is 0 Å². The highest BCUT2D eigenvalue weighted by molar-refractivity contribution is 6.04. The molecule has 2 heterocycles. The Morgan fingerprint density at radius 3 is 2.45 bits per heavy atom. The first-order valence-electron chi connectivity index (χ1n) is 9.86. The number of nitrogens with zero attached hydrogens (tertiary/aromatic N) is 3. The number of hydrogen-bond acceptors (Lipinski definition) is 4. The average molecular weight is 390 g/mol. The molecule has 4 rings (SSSR count). The lowest BCUT2D eigenvalue weighted by Gasteiger charge is -2.28. The first-order valence-corrected chi connectivity index (χ1v) is 9.86. The maximum absolute atomic E-state index is 13.7. The maximum Gasteiger partial charge on any atom is 0.255 e. The molecule has 2 aromatic carbocycles. The summed E-state index contributed by atoms with van der Waals surface area (Å²) in [6, 6.07) is 11.9. The Kier molecular flexibility index (Phi) is 5.51. The molecule has 0 saturated carbocycles. The second-order valence-corrected chi connectivity index (χ2v) is 7.27. The quantitative estimate of drug-likeness (QED) is 0.693. The molecule has 6 heteroatoms. The summed E-state index contributed by atoms with van der Waals surface area (Å²) in [6.45, 7) is 3.66. The van der Waals surface area contributed by atoms with Gasteiger partial charge in [0.15, 0.2) is 5.82 Å². The Hall–Kier alpha value is -3.28. The van der Waals surface area contributed by atoms with Crippen molar-refractivity contribution < 1.29 is 9.18 Å². The molecular weight excluding hydrogens is 367 g/mol. The third-order valence-electron chi connectivity index (χ3n) is 5.18. The third-order valence-corrected chi connectivity index (χ3v) is 5.18. The van der Waals surface area contributed by atoms with Crippen molar-refractivity contribution in [2.75, 3.05) is 23.3 Å². The van der Waals surface area contributed by atoms with E-state index in [0.717, 1.165) is 43.0 Å². The SMILES string of the molecule is Cc1ccc(NC(=O)c2ccc(-c3nccnc3N3CCCCC3)cc2)cc1F. The van der Waals surface area contributed by atoms with Gasteiger partial charge in [0.1, 0.15) is 11.5 Å². The number of anilines is 2. The molecule has 1 aliphatic heterocycles. The van der Waals surface area contributed by atoms with E-state index in [2.05, 4.69) is 20.2 Å². The number of benzene rings is 2. The van der Waals surface area contributed by atoms with Crippen molar-refractivity contribution in [1.29, 1.82) is 0 Å². The molecule has 0 radical (unpaired) electrons. The molecule has 3 aromatic rings. The molecular formula is C23H23FN4O. The van der Waals surface area contributed by atoms with E-state index >= 15 is 0 Å². The van der Waals surface area contributed by atoms with Gasteiger partial charge in [0.25, 0.3) is 5.91 Å². The zero-order valence-electron chi connectivity index (χ0n) is 16.4. The van der Waals surface area contributed by atoms with Crippen LogP contribution in [0.3, 0.4) is 0 Å². The van der Waals surface area contributed by atoms with Gasteiger partial charge in [0.2, 0.25) is 0 Å². The van der Waals surface area contributed by atoms with Crippen molar-refractivity contribution in [2.45, 2.75) is 26.2 Å². The Balaban J connectivity index is 1.53. The Labute approximate surface area is 169 Å². The van der Waals surface area contributed by atoms with Gasteiger partial charge in [-0.3, -0.25) is 9.78 Å². The molecule has 29 heavy (non-hydrogen) atoms. The average Bonchev–Trinajstić information content (AvgIpc) is 2.77. The lowest BCUT2D eigenvalue weighted by atomic mass is 10.1. The van der Waals surface area contributed by atoms with Crippen LogP contribution in [-0.4, -0.2) is 29.0 Å². The normalized spacial score (nSPS) is 13.9. The van der Waals surface area contributed by atoms with Crippen LogP contribution in [0.5, 0.6) is 0 Å². The third kappa shape index (κ3) is 4.26. The van der Waals surface area contributed by atoms with Gasteiger partial charge in [-0.1, -0.05) is 18.2 Å². The second kappa shape index (κ2) is 8.39. The molecule has 1 amide bonds. The van der Waals surface area contributed by atoms with Gasteiger partial charge >= 0.3 is 0 Å². The number of nitrogens with one attached hydrogen (secondary N) is 1. The van der Waals surface area contributed by atoms with Crippen molar-refractivity contribution >= 4 is 17.4 Å². The van der Waals surface area contributed by atoms with Gasteiger partial charge in [0.05, 0.1) is 0 Å². The minimum Gasteiger partial charge on any atom is -0.355 e. The number of rotatable bonds is 4. The number of halogens is 1. The predicted molar refractivity (Wildman–Crippen MR) is 113 cm³/mol. The van der Waals surface area contributed by atoms with E-state index in [-0.39, 0.29) is 11.7 Å². The van der Waals surface area contributed by atoms with E-state index in [9.17, 15) is 9.18 Å². The van der Waals surface area contributed by atoms with Crippen molar-refractivity contribution in [1.82, 2.24) is 9.97 Å². The van der Waals surface area contributed by atoms with Crippen LogP contribution in [0.2, 0.25) is 0 Å². The van der Waals surface area contributed by atoms with Crippen molar-refractivity contribution in [3.05, 3.63) is 71.8 Å². The van der Waals surface area contributed by atoms with E-state index in [1.165, 1.54) is 12.5 Å². The number of aryl methyl sites for hydroxylation is 1. The molecule has 5 nitrogen and oxygen atoms in total. The number of carbonyl (C=O) groups is 1. The van der Waals surface area contributed by atoms with Crippen LogP contribution < -0.4 is 10.2 Å². The fourth-order valence-electron chi connectivity index (χ4n) is 3.52. The summed E-state index contributed by atoms with van der Waals surface area (Å²) in [6.07, 6.45) is 6.98. The van der Waals surface area contributed by atoms with Crippen LogP contribution in [0.1, 0.15) is 35.2 Å². The molecule has 1 aliphatic rings. The number of hydrogen-bond donors (Lipinski definition) is 1. The zero-order valence-corrected chi connectivity index (χ0v) is 16.4. The van der Waals surface area contributed by atoms with Gasteiger partial charge < -0.3 is 10.2 Å². The Bertz CT molecular complexity index is 1010. The van der Waals surface area contributed by atoms with Crippen LogP contribution in [0.4, 0.5) is 15.9 Å². The second-order valence-electron chi connectivity index (χ2n) is 7.27. The predicted octanol–water partition coefficient (Wildman–Crippen LogP) is 4.83. The summed E-state index contributed by atoms with van der Waals surface area (Å²) < 4.78 is 13.7.